The summed E-state index contributed by atoms with van der Waals surface area (Å²) in [6.07, 6.45) is 1.99. The molecule has 0 rings (SSSR count). The zero-order valence-corrected chi connectivity index (χ0v) is 8.39. The first-order valence-corrected chi connectivity index (χ1v) is 4.11. The summed E-state index contributed by atoms with van der Waals surface area (Å²) < 4.78 is 0. The van der Waals surface area contributed by atoms with Crippen LogP contribution in [0.15, 0.2) is 23.5 Å². The molecule has 0 aliphatic rings. The number of hydrogen-bond donors (Lipinski definition) is 4. The van der Waals surface area contributed by atoms with Crippen molar-refractivity contribution >= 4 is 11.9 Å². The van der Waals surface area contributed by atoms with E-state index in [1.165, 1.54) is 14.0 Å². The van der Waals surface area contributed by atoms with Crippen LogP contribution in [0.3, 0.4) is 0 Å². The largest absolute Gasteiger partial charge is 0.508 e. The first kappa shape index (κ1) is 13.2. The second-order valence-corrected chi connectivity index (χ2v) is 2.83. The molecule has 0 aromatic rings. The normalized spacial score (nSPS) is 14.8. The molecule has 6 heteroatoms. The van der Waals surface area contributed by atoms with Crippen molar-refractivity contribution < 1.29 is 24.9 Å². The van der Waals surface area contributed by atoms with E-state index in [1.54, 1.807) is 0 Å². The quantitative estimate of drug-likeness (QED) is 0.295. The Morgan fingerprint density at radius 2 is 1.80 bits per heavy atom. The van der Waals surface area contributed by atoms with Crippen LogP contribution in [-0.2, 0) is 9.59 Å². The van der Waals surface area contributed by atoms with Crippen LogP contribution in [0.1, 0.15) is 6.92 Å². The maximum atomic E-state index is 10.5. The molecule has 1 unspecified atom stereocenters. The average Bonchev–Trinajstić information content (AvgIpc) is 2.13. The van der Waals surface area contributed by atoms with Gasteiger partial charge in [-0.2, -0.15) is 0 Å². The molecule has 0 heterocycles. The lowest BCUT2D eigenvalue weighted by Gasteiger charge is -2.05. The Balaban J connectivity index is 4.76. The highest BCUT2D eigenvalue weighted by atomic mass is 16.4. The lowest BCUT2D eigenvalue weighted by Crippen LogP contribution is -2.32. The Morgan fingerprint density at radius 3 is 2.13 bits per heavy atom. The van der Waals surface area contributed by atoms with Crippen LogP contribution in [0.2, 0.25) is 0 Å². The maximum absolute atomic E-state index is 10.5. The molecule has 6 nitrogen and oxygen atoms in total. The Bertz CT molecular complexity index is 318. The summed E-state index contributed by atoms with van der Waals surface area (Å²) in [5.74, 6) is -2.74. The van der Waals surface area contributed by atoms with Crippen LogP contribution in [0.5, 0.6) is 0 Å². The highest BCUT2D eigenvalue weighted by molar-refractivity contribution is 5.86. The lowest BCUT2D eigenvalue weighted by atomic mass is 10.2. The van der Waals surface area contributed by atoms with Gasteiger partial charge in [0.25, 0.3) is 0 Å². The van der Waals surface area contributed by atoms with Gasteiger partial charge in [-0.3, -0.25) is 4.79 Å². The zero-order chi connectivity index (χ0) is 12.0. The monoisotopic (exact) mass is 215 g/mol. The predicted molar refractivity (Wildman–Crippen MR) is 52.6 cm³/mol. The van der Waals surface area contributed by atoms with E-state index < -0.39 is 23.7 Å². The summed E-state index contributed by atoms with van der Waals surface area (Å²) in [5.41, 5.74) is -0.0796. The fourth-order valence-electron chi connectivity index (χ4n) is 0.781. The molecule has 84 valence electrons. The van der Waals surface area contributed by atoms with Crippen molar-refractivity contribution in [1.29, 1.82) is 0 Å². The molecule has 0 saturated carbocycles. The van der Waals surface area contributed by atoms with Crippen LogP contribution in [0, 0.1) is 0 Å². The van der Waals surface area contributed by atoms with Gasteiger partial charge in [0.15, 0.2) is 0 Å². The number of rotatable bonds is 5. The van der Waals surface area contributed by atoms with Gasteiger partial charge in [-0.15, -0.1) is 0 Å². The van der Waals surface area contributed by atoms with E-state index >= 15 is 0 Å². The van der Waals surface area contributed by atoms with Crippen molar-refractivity contribution in [2.24, 2.45) is 0 Å². The number of aliphatic carboxylic acids is 2. The molecule has 0 aromatic heterocycles. The second kappa shape index (κ2) is 5.82. The summed E-state index contributed by atoms with van der Waals surface area (Å²) in [6, 6.07) is -1.05. The topological polar surface area (TPSA) is 107 Å². The van der Waals surface area contributed by atoms with E-state index in [4.69, 9.17) is 10.2 Å². The van der Waals surface area contributed by atoms with Gasteiger partial charge in [0.05, 0.1) is 0 Å². The van der Waals surface area contributed by atoms with Crippen molar-refractivity contribution in [1.82, 2.24) is 5.32 Å². The number of carboxylic acid groups (broad SMARTS) is 2. The standard InChI is InChI=1S/C9H13NO5/c1-5(8(12)13)3-6(11)4-7(10-2)9(14)15/h3-4,7,10-11H,1-2H3,(H,12,13)(H,14,15)/b5-3+,6-4+. The van der Waals surface area contributed by atoms with Gasteiger partial charge in [0, 0.05) is 5.57 Å². The minimum absolute atomic E-state index is 0.0796. The fraction of sp³-hybridized carbons (Fsp3) is 0.333. The predicted octanol–water partition coefficient (Wildman–Crippen LogP) is 0.132. The molecule has 0 aliphatic carbocycles. The molecule has 4 N–H and O–H groups in total. The summed E-state index contributed by atoms with van der Waals surface area (Å²) in [6.45, 7) is 1.29. The third-order valence-electron chi connectivity index (χ3n) is 1.62. The van der Waals surface area contributed by atoms with Crippen LogP contribution in [0.4, 0.5) is 0 Å². The summed E-state index contributed by atoms with van der Waals surface area (Å²) in [4.78, 5) is 20.9. The number of nitrogens with one attached hydrogen (secondary N) is 1. The minimum Gasteiger partial charge on any atom is -0.508 e. The number of carbonyl (C=O) groups is 2. The van der Waals surface area contributed by atoms with Crippen molar-refractivity contribution in [3.8, 4) is 0 Å². The number of aliphatic hydroxyl groups excluding tert-OH is 1. The first-order chi connectivity index (χ1) is 6.88. The Hall–Kier alpha value is -1.82. The molecule has 0 radical (unpaired) electrons. The van der Waals surface area contributed by atoms with Crippen molar-refractivity contribution in [2.75, 3.05) is 7.05 Å². The van der Waals surface area contributed by atoms with Gasteiger partial charge in [-0.1, -0.05) is 0 Å². The molecule has 0 aliphatic heterocycles. The molecular weight excluding hydrogens is 202 g/mol. The van der Waals surface area contributed by atoms with E-state index in [9.17, 15) is 14.7 Å². The van der Waals surface area contributed by atoms with Gasteiger partial charge >= 0.3 is 11.9 Å². The molecule has 0 spiro atoms. The SMILES string of the molecule is CNC(/C=C(O)\C=C(/C)C(=O)O)C(=O)O. The van der Waals surface area contributed by atoms with Crippen LogP contribution < -0.4 is 5.32 Å². The highest BCUT2D eigenvalue weighted by Crippen LogP contribution is 2.01. The van der Waals surface area contributed by atoms with Gasteiger partial charge in [-0.25, -0.2) is 4.79 Å². The molecule has 15 heavy (non-hydrogen) atoms. The summed E-state index contributed by atoms with van der Waals surface area (Å²) in [5, 5.41) is 28.8. The van der Waals surface area contributed by atoms with Crippen molar-refractivity contribution in [2.45, 2.75) is 13.0 Å². The molecular formula is C9H13NO5. The smallest absolute Gasteiger partial charge is 0.331 e. The highest BCUT2D eigenvalue weighted by Gasteiger charge is 2.12. The van der Waals surface area contributed by atoms with E-state index in [1.807, 2.05) is 0 Å². The van der Waals surface area contributed by atoms with Gasteiger partial charge < -0.3 is 20.6 Å². The van der Waals surface area contributed by atoms with E-state index in [0.717, 1.165) is 12.2 Å². The van der Waals surface area contributed by atoms with Crippen LogP contribution in [-0.4, -0.2) is 40.3 Å². The van der Waals surface area contributed by atoms with Gasteiger partial charge in [-0.05, 0) is 26.1 Å². The molecule has 0 bridgehead atoms. The van der Waals surface area contributed by atoms with Gasteiger partial charge in [0.1, 0.15) is 11.8 Å². The second-order valence-electron chi connectivity index (χ2n) is 2.83. The number of allylic oxidation sites excluding steroid dienone is 1. The van der Waals surface area contributed by atoms with Crippen LogP contribution in [0.25, 0.3) is 0 Å². The molecule has 1 atom stereocenters. The fourth-order valence-corrected chi connectivity index (χ4v) is 0.781. The zero-order valence-electron chi connectivity index (χ0n) is 8.39. The van der Waals surface area contributed by atoms with E-state index in [2.05, 4.69) is 5.32 Å². The van der Waals surface area contributed by atoms with E-state index in [0.29, 0.717) is 0 Å². The van der Waals surface area contributed by atoms with Crippen LogP contribution >= 0.6 is 0 Å². The number of hydrogen-bond acceptors (Lipinski definition) is 4. The third-order valence-corrected chi connectivity index (χ3v) is 1.62. The molecule has 0 saturated heterocycles. The number of carboxylic acids is 2. The molecule has 0 aromatic carbocycles. The Morgan fingerprint density at radius 1 is 1.27 bits per heavy atom. The third kappa shape index (κ3) is 4.82. The Kier molecular flexibility index (Phi) is 5.11. The maximum Gasteiger partial charge on any atom is 0.331 e. The van der Waals surface area contributed by atoms with Gasteiger partial charge in [0.2, 0.25) is 0 Å². The summed E-state index contributed by atoms with van der Waals surface area (Å²) >= 11 is 0. The Labute approximate surface area is 86.5 Å². The first-order valence-electron chi connectivity index (χ1n) is 4.11. The summed E-state index contributed by atoms with van der Waals surface area (Å²) in [7, 11) is 1.41. The number of likely N-dealkylation sites (N-methyl/N-ethyl adjacent to an activating group) is 1. The van der Waals surface area contributed by atoms with Crippen molar-refractivity contribution in [3.05, 3.63) is 23.5 Å². The van der Waals surface area contributed by atoms with Crippen molar-refractivity contribution in [3.63, 3.8) is 0 Å². The average molecular weight is 215 g/mol. The lowest BCUT2D eigenvalue weighted by molar-refractivity contribution is -0.138. The van der Waals surface area contributed by atoms with E-state index in [-0.39, 0.29) is 5.57 Å². The molecule has 0 amide bonds. The minimum atomic E-state index is -1.17. The molecule has 0 fully saturated rings. The number of aliphatic hydroxyl groups is 1.